The van der Waals surface area contributed by atoms with Crippen LogP contribution in [0.4, 0.5) is 5.69 Å². The summed E-state index contributed by atoms with van der Waals surface area (Å²) in [4.78, 5) is 33.2. The Hall–Kier alpha value is -2.41. The van der Waals surface area contributed by atoms with Crippen molar-refractivity contribution in [2.24, 2.45) is 0 Å². The Morgan fingerprint density at radius 2 is 1.96 bits per heavy atom. The van der Waals surface area contributed by atoms with Gasteiger partial charge in [-0.25, -0.2) is 4.98 Å². The second-order valence-electron chi connectivity index (χ2n) is 5.88. The number of hydrogen-bond donors (Lipinski definition) is 2. The van der Waals surface area contributed by atoms with Crippen LogP contribution in [0.25, 0.3) is 10.9 Å². The Morgan fingerprint density at radius 1 is 1.19 bits per heavy atom. The molecule has 1 amide bonds. The number of fused-ring (bicyclic) bond motifs is 1. The number of likely N-dealkylation sites (N-methyl/N-ethyl adjacent to an activating group) is 1. The van der Waals surface area contributed by atoms with Crippen molar-refractivity contribution >= 4 is 45.7 Å². The minimum Gasteiger partial charge on any atom is -0.325 e. The van der Waals surface area contributed by atoms with Crippen molar-refractivity contribution in [1.82, 2.24) is 14.9 Å². The first-order chi connectivity index (χ1) is 12.4. The number of carbonyl (C=O) groups is 1. The van der Waals surface area contributed by atoms with Crippen LogP contribution < -0.4 is 10.9 Å². The van der Waals surface area contributed by atoms with Crippen molar-refractivity contribution in [3.63, 3.8) is 0 Å². The second kappa shape index (κ2) is 7.86. The fourth-order valence-electron chi connectivity index (χ4n) is 2.54. The molecule has 0 bridgehead atoms. The number of nitrogens with one attached hydrogen (secondary N) is 2. The Bertz CT molecular complexity index is 1020. The molecule has 0 aliphatic rings. The third-order valence-corrected chi connectivity index (χ3v) is 4.44. The van der Waals surface area contributed by atoms with Crippen molar-refractivity contribution in [3.05, 3.63) is 68.7 Å². The van der Waals surface area contributed by atoms with Crippen LogP contribution >= 0.6 is 23.2 Å². The molecule has 0 fully saturated rings. The van der Waals surface area contributed by atoms with Crippen LogP contribution in [0.3, 0.4) is 0 Å². The van der Waals surface area contributed by atoms with E-state index in [0.717, 1.165) is 0 Å². The molecule has 0 aliphatic heterocycles. The van der Waals surface area contributed by atoms with Gasteiger partial charge in [0.25, 0.3) is 5.56 Å². The van der Waals surface area contributed by atoms with E-state index in [1.54, 1.807) is 48.3 Å². The fourth-order valence-corrected chi connectivity index (χ4v) is 2.84. The second-order valence-corrected chi connectivity index (χ2v) is 6.69. The van der Waals surface area contributed by atoms with Gasteiger partial charge < -0.3 is 10.3 Å². The predicted molar refractivity (Wildman–Crippen MR) is 104 cm³/mol. The summed E-state index contributed by atoms with van der Waals surface area (Å²) in [6.45, 7) is 0.450. The summed E-state index contributed by atoms with van der Waals surface area (Å²) in [5.41, 5.74) is 0.995. The predicted octanol–water partition coefficient (Wildman–Crippen LogP) is 3.30. The van der Waals surface area contributed by atoms with Gasteiger partial charge in [0, 0.05) is 5.69 Å². The number of amides is 1. The first-order valence-corrected chi connectivity index (χ1v) is 8.59. The topological polar surface area (TPSA) is 78.1 Å². The highest BCUT2D eigenvalue weighted by Gasteiger charge is 2.11. The van der Waals surface area contributed by atoms with E-state index in [9.17, 15) is 9.59 Å². The number of benzene rings is 2. The number of rotatable bonds is 5. The molecular formula is C18H16Cl2N4O2. The number of aromatic nitrogens is 2. The Kier molecular flexibility index (Phi) is 5.56. The highest BCUT2D eigenvalue weighted by Crippen LogP contribution is 2.24. The zero-order valence-electron chi connectivity index (χ0n) is 13.9. The van der Waals surface area contributed by atoms with E-state index in [2.05, 4.69) is 15.3 Å². The van der Waals surface area contributed by atoms with Crippen molar-refractivity contribution in [2.75, 3.05) is 18.9 Å². The molecule has 0 spiro atoms. The molecule has 2 aromatic carbocycles. The molecule has 0 aliphatic carbocycles. The van der Waals surface area contributed by atoms with E-state index >= 15 is 0 Å². The number of hydrogen-bond acceptors (Lipinski definition) is 4. The van der Waals surface area contributed by atoms with E-state index in [1.807, 2.05) is 6.07 Å². The van der Waals surface area contributed by atoms with Crippen LogP contribution in [0.2, 0.25) is 10.0 Å². The molecule has 3 aromatic rings. The molecule has 2 N–H and O–H groups in total. The summed E-state index contributed by atoms with van der Waals surface area (Å²) in [5, 5.41) is 4.09. The monoisotopic (exact) mass is 390 g/mol. The molecule has 1 aromatic heterocycles. The molecule has 6 nitrogen and oxygen atoms in total. The molecule has 0 radical (unpaired) electrons. The number of anilines is 1. The zero-order chi connectivity index (χ0) is 18.7. The maximum Gasteiger partial charge on any atom is 0.258 e. The molecular weight excluding hydrogens is 375 g/mol. The summed E-state index contributed by atoms with van der Waals surface area (Å²) in [5.74, 6) is 0.285. The van der Waals surface area contributed by atoms with Crippen molar-refractivity contribution in [2.45, 2.75) is 6.54 Å². The van der Waals surface area contributed by atoms with Gasteiger partial charge in [0.2, 0.25) is 5.91 Å². The molecule has 134 valence electrons. The van der Waals surface area contributed by atoms with Gasteiger partial charge >= 0.3 is 0 Å². The average Bonchev–Trinajstić information content (AvgIpc) is 2.58. The molecule has 26 heavy (non-hydrogen) atoms. The van der Waals surface area contributed by atoms with E-state index in [0.29, 0.717) is 39.0 Å². The number of nitrogens with zero attached hydrogens (tertiary/aromatic N) is 2. The molecule has 0 atom stereocenters. The summed E-state index contributed by atoms with van der Waals surface area (Å²) >= 11 is 11.8. The maximum absolute atomic E-state index is 12.2. The van der Waals surface area contributed by atoms with Crippen molar-refractivity contribution < 1.29 is 4.79 Å². The normalized spacial score (nSPS) is 11.1. The first-order valence-electron chi connectivity index (χ1n) is 7.84. The van der Waals surface area contributed by atoms with Gasteiger partial charge in [0.1, 0.15) is 5.82 Å². The van der Waals surface area contributed by atoms with E-state index in [4.69, 9.17) is 23.2 Å². The van der Waals surface area contributed by atoms with E-state index < -0.39 is 0 Å². The quantitative estimate of drug-likeness (QED) is 0.700. The molecule has 3 rings (SSSR count). The van der Waals surface area contributed by atoms with Crippen molar-refractivity contribution in [3.8, 4) is 0 Å². The molecule has 0 saturated carbocycles. The van der Waals surface area contributed by atoms with Gasteiger partial charge in [-0.3, -0.25) is 14.5 Å². The number of aromatic amines is 1. The minimum absolute atomic E-state index is 0.122. The molecule has 8 heteroatoms. The van der Waals surface area contributed by atoms with Gasteiger partial charge in [-0.05, 0) is 37.4 Å². The number of halogens is 2. The maximum atomic E-state index is 12.2. The molecule has 1 heterocycles. The summed E-state index contributed by atoms with van der Waals surface area (Å²) in [6.07, 6.45) is 0. The first kappa shape index (κ1) is 18.4. The van der Waals surface area contributed by atoms with Crippen LogP contribution in [-0.2, 0) is 11.3 Å². The lowest BCUT2D eigenvalue weighted by atomic mass is 10.2. The third kappa shape index (κ3) is 4.40. The van der Waals surface area contributed by atoms with Crippen LogP contribution in [0.5, 0.6) is 0 Å². The van der Waals surface area contributed by atoms with Crippen LogP contribution in [-0.4, -0.2) is 34.4 Å². The highest BCUT2D eigenvalue weighted by molar-refractivity contribution is 6.42. The average molecular weight is 391 g/mol. The fraction of sp³-hybridized carbons (Fsp3) is 0.167. The number of carbonyl (C=O) groups excluding carboxylic acids is 1. The summed E-state index contributed by atoms with van der Waals surface area (Å²) in [6, 6.07) is 12.0. The van der Waals surface area contributed by atoms with E-state index in [1.165, 1.54) is 0 Å². The molecule has 0 unspecified atom stereocenters. The lowest BCUT2D eigenvalue weighted by molar-refractivity contribution is -0.117. The van der Waals surface area contributed by atoms with Gasteiger partial charge in [-0.2, -0.15) is 0 Å². The van der Waals surface area contributed by atoms with Crippen LogP contribution in [0, 0.1) is 0 Å². The van der Waals surface area contributed by atoms with Crippen LogP contribution in [0.1, 0.15) is 5.82 Å². The Morgan fingerprint density at radius 3 is 2.73 bits per heavy atom. The molecule has 0 saturated heterocycles. The van der Waals surface area contributed by atoms with Gasteiger partial charge in [0.05, 0.1) is 34.0 Å². The summed E-state index contributed by atoms with van der Waals surface area (Å²) in [7, 11) is 1.77. The highest BCUT2D eigenvalue weighted by atomic mass is 35.5. The number of para-hydroxylation sites is 1. The number of H-pyrrole nitrogens is 1. The van der Waals surface area contributed by atoms with E-state index in [-0.39, 0.29) is 18.0 Å². The third-order valence-electron chi connectivity index (χ3n) is 3.70. The zero-order valence-corrected chi connectivity index (χ0v) is 15.4. The van der Waals surface area contributed by atoms with Gasteiger partial charge in [-0.15, -0.1) is 0 Å². The Labute approximate surface area is 159 Å². The van der Waals surface area contributed by atoms with Crippen LogP contribution in [0.15, 0.2) is 47.3 Å². The standard InChI is InChI=1S/C18H16Cl2N4O2/c1-24(10-17(25)21-11-6-7-13(19)14(20)8-11)9-16-22-15-5-3-2-4-12(15)18(26)23-16/h2-8H,9-10H2,1H3,(H,21,25)(H,22,23,26). The SMILES string of the molecule is CN(CC(=O)Nc1ccc(Cl)c(Cl)c1)Cc1nc2ccccc2c(=O)[nH]1. The Balaban J connectivity index is 1.64. The van der Waals surface area contributed by atoms with Gasteiger partial charge in [-0.1, -0.05) is 35.3 Å². The smallest absolute Gasteiger partial charge is 0.258 e. The lowest BCUT2D eigenvalue weighted by Gasteiger charge is -2.16. The summed E-state index contributed by atoms with van der Waals surface area (Å²) < 4.78 is 0. The lowest BCUT2D eigenvalue weighted by Crippen LogP contribution is -2.31. The minimum atomic E-state index is -0.214. The van der Waals surface area contributed by atoms with Gasteiger partial charge in [0.15, 0.2) is 0 Å². The van der Waals surface area contributed by atoms with Crippen molar-refractivity contribution in [1.29, 1.82) is 0 Å². The largest absolute Gasteiger partial charge is 0.325 e.